The predicted molar refractivity (Wildman–Crippen MR) is 103 cm³/mol. The van der Waals surface area contributed by atoms with Crippen molar-refractivity contribution in [2.45, 2.75) is 19.2 Å². The van der Waals surface area contributed by atoms with Crippen LogP contribution >= 0.6 is 11.8 Å². The van der Waals surface area contributed by atoms with Gasteiger partial charge in [-0.25, -0.2) is 13.8 Å². The van der Waals surface area contributed by atoms with Crippen LogP contribution in [0.5, 0.6) is 0 Å². The molecule has 144 valence electrons. The number of hydrazone groups is 2. The summed E-state index contributed by atoms with van der Waals surface area (Å²) >= 11 is 1.14. The van der Waals surface area contributed by atoms with Gasteiger partial charge in [0.2, 0.25) is 17.0 Å². The van der Waals surface area contributed by atoms with Crippen LogP contribution in [0.15, 0.2) is 58.7 Å². The number of carbonyl (C=O) groups excluding carboxylic acids is 2. The Morgan fingerprint density at radius 2 is 1.64 bits per heavy atom. The van der Waals surface area contributed by atoms with E-state index in [1.165, 1.54) is 61.5 Å². The van der Waals surface area contributed by atoms with E-state index >= 15 is 0 Å². The number of hydrogen-bond acceptors (Lipinski definition) is 5. The predicted octanol–water partition coefficient (Wildman–Crippen LogP) is 3.71. The van der Waals surface area contributed by atoms with Crippen molar-refractivity contribution < 1.29 is 18.4 Å². The zero-order valence-electron chi connectivity index (χ0n) is 15.0. The molecule has 0 aromatic heterocycles. The quantitative estimate of drug-likeness (QED) is 0.581. The number of rotatable bonds is 3. The molecule has 0 aliphatic carbocycles. The van der Waals surface area contributed by atoms with E-state index in [1.54, 1.807) is 12.1 Å². The molecule has 9 heteroatoms. The van der Waals surface area contributed by atoms with Crippen LogP contribution in [0.1, 0.15) is 30.3 Å². The normalized spacial score (nSPS) is 16.4. The van der Waals surface area contributed by atoms with E-state index in [0.717, 1.165) is 16.8 Å². The topological polar surface area (TPSA) is 65.3 Å². The average Bonchev–Trinajstić information content (AvgIpc) is 3.09. The van der Waals surface area contributed by atoms with Crippen LogP contribution in [-0.4, -0.2) is 33.2 Å². The van der Waals surface area contributed by atoms with Crippen molar-refractivity contribution >= 4 is 35.0 Å². The first kappa shape index (κ1) is 19.7. The summed E-state index contributed by atoms with van der Waals surface area (Å²) in [5, 5.41) is 10.3. The Morgan fingerprint density at radius 3 is 2.18 bits per heavy atom. The summed E-state index contributed by atoms with van der Waals surface area (Å²) in [5.74, 6) is -1.51. The fraction of sp³-hybridized carbons (Fsp3) is 0.158. The lowest BCUT2D eigenvalue weighted by molar-refractivity contribution is -0.130. The van der Waals surface area contributed by atoms with E-state index in [0.29, 0.717) is 11.1 Å². The largest absolute Gasteiger partial charge is 0.273 e. The first-order chi connectivity index (χ1) is 13.3. The highest BCUT2D eigenvalue weighted by Crippen LogP contribution is 2.40. The molecule has 1 unspecified atom stereocenters. The van der Waals surface area contributed by atoms with Crippen LogP contribution in [0.3, 0.4) is 0 Å². The van der Waals surface area contributed by atoms with Crippen molar-refractivity contribution in [1.82, 2.24) is 10.0 Å². The van der Waals surface area contributed by atoms with Crippen molar-refractivity contribution in [2.24, 2.45) is 10.2 Å². The smallest absolute Gasteiger partial charge is 0.246 e. The molecule has 1 atom stereocenters. The fourth-order valence-corrected chi connectivity index (χ4v) is 3.62. The number of benzene rings is 2. The lowest BCUT2D eigenvalue weighted by atomic mass is 10.2. The molecule has 28 heavy (non-hydrogen) atoms. The highest BCUT2D eigenvalue weighted by Gasteiger charge is 2.35. The van der Waals surface area contributed by atoms with Gasteiger partial charge in [0.1, 0.15) is 17.0 Å². The van der Waals surface area contributed by atoms with Crippen LogP contribution in [0.2, 0.25) is 0 Å². The second-order valence-electron chi connectivity index (χ2n) is 5.89. The molecule has 0 bridgehead atoms. The monoisotopic (exact) mass is 402 g/mol. The molecule has 2 aromatic carbocycles. The molecule has 0 saturated carbocycles. The van der Waals surface area contributed by atoms with E-state index < -0.39 is 17.1 Å². The molecule has 0 fully saturated rings. The average molecular weight is 402 g/mol. The third kappa shape index (κ3) is 4.42. The third-order valence-electron chi connectivity index (χ3n) is 3.78. The van der Waals surface area contributed by atoms with Crippen LogP contribution < -0.4 is 0 Å². The number of thioether (sulfide) groups is 1. The number of hydrogen-bond donors (Lipinski definition) is 0. The maximum Gasteiger partial charge on any atom is 0.246 e. The summed E-state index contributed by atoms with van der Waals surface area (Å²) in [6.07, 6.45) is 1.40. The minimum Gasteiger partial charge on any atom is -0.273 e. The Kier molecular flexibility index (Phi) is 5.84. The summed E-state index contributed by atoms with van der Waals surface area (Å²) in [6.45, 7) is 2.66. The van der Waals surface area contributed by atoms with Gasteiger partial charge in [-0.2, -0.15) is 10.1 Å². The minimum atomic E-state index is -0.545. The number of amidine groups is 1. The molecule has 0 N–H and O–H groups in total. The van der Waals surface area contributed by atoms with Gasteiger partial charge in [0, 0.05) is 13.8 Å². The molecule has 2 amide bonds. The van der Waals surface area contributed by atoms with Gasteiger partial charge in [-0.3, -0.25) is 9.59 Å². The zero-order valence-corrected chi connectivity index (χ0v) is 15.9. The minimum absolute atomic E-state index is 0.204. The van der Waals surface area contributed by atoms with Crippen molar-refractivity contribution in [3.8, 4) is 0 Å². The summed E-state index contributed by atoms with van der Waals surface area (Å²) in [7, 11) is 0. The van der Waals surface area contributed by atoms with E-state index in [2.05, 4.69) is 10.2 Å². The number of halogens is 2. The maximum atomic E-state index is 13.2. The summed E-state index contributed by atoms with van der Waals surface area (Å²) < 4.78 is 26.2. The molecule has 0 radical (unpaired) electrons. The lowest BCUT2D eigenvalue weighted by Crippen LogP contribution is -2.27. The summed E-state index contributed by atoms with van der Waals surface area (Å²) in [5.41, 5.74) is 1.25. The van der Waals surface area contributed by atoms with E-state index in [4.69, 9.17) is 0 Å². The van der Waals surface area contributed by atoms with Gasteiger partial charge in [-0.15, -0.1) is 5.10 Å². The SMILES string of the molecule is CC(=O)N(/N=C\c1ccc(F)cc1)C1=NN(C(C)=O)C(c2ccc(F)cc2)S1. The molecule has 0 saturated heterocycles. The molecule has 1 aliphatic heterocycles. The number of nitrogens with zero attached hydrogens (tertiary/aromatic N) is 4. The Labute approximate surface area is 164 Å². The van der Waals surface area contributed by atoms with Crippen LogP contribution in [0, 0.1) is 11.6 Å². The highest BCUT2D eigenvalue weighted by atomic mass is 32.2. The summed E-state index contributed by atoms with van der Waals surface area (Å²) in [6, 6.07) is 11.3. The van der Waals surface area contributed by atoms with Crippen LogP contribution in [-0.2, 0) is 9.59 Å². The van der Waals surface area contributed by atoms with E-state index in [9.17, 15) is 18.4 Å². The molecular weight excluding hydrogens is 386 g/mol. The second-order valence-corrected chi connectivity index (χ2v) is 6.94. The Hall–Kier alpha value is -3.07. The molecule has 0 spiro atoms. The molecule has 1 heterocycles. The number of carbonyl (C=O) groups is 2. The zero-order chi connectivity index (χ0) is 20.3. The van der Waals surface area contributed by atoms with E-state index in [1.807, 2.05) is 0 Å². The van der Waals surface area contributed by atoms with Gasteiger partial charge in [0.15, 0.2) is 0 Å². The third-order valence-corrected chi connectivity index (χ3v) is 4.94. The van der Waals surface area contributed by atoms with Gasteiger partial charge in [0.25, 0.3) is 0 Å². The van der Waals surface area contributed by atoms with Gasteiger partial charge in [-0.05, 0) is 35.4 Å². The first-order valence-electron chi connectivity index (χ1n) is 8.26. The standard InChI is InChI=1S/C19H16F2N4O2S/c1-12(26)24-18(15-5-9-17(21)10-6-15)28-19(23-24)25(13(2)27)22-11-14-3-7-16(20)8-4-14/h3-11,18H,1-2H3/b22-11-. The Bertz CT molecular complexity index is 945. The summed E-state index contributed by atoms with van der Waals surface area (Å²) in [4.78, 5) is 24.1. The maximum absolute atomic E-state index is 13.2. The van der Waals surface area contributed by atoms with E-state index in [-0.39, 0.29) is 16.9 Å². The van der Waals surface area contributed by atoms with Crippen LogP contribution in [0.25, 0.3) is 0 Å². The van der Waals surface area contributed by atoms with Crippen molar-refractivity contribution in [3.05, 3.63) is 71.3 Å². The Balaban J connectivity index is 1.87. The van der Waals surface area contributed by atoms with Crippen molar-refractivity contribution in [2.75, 3.05) is 0 Å². The van der Waals surface area contributed by atoms with Crippen LogP contribution in [0.4, 0.5) is 8.78 Å². The lowest BCUT2D eigenvalue weighted by Gasteiger charge is -2.19. The van der Waals surface area contributed by atoms with Crippen molar-refractivity contribution in [3.63, 3.8) is 0 Å². The molecule has 3 rings (SSSR count). The van der Waals surface area contributed by atoms with Gasteiger partial charge in [0.05, 0.1) is 6.21 Å². The molecule has 1 aliphatic rings. The highest BCUT2D eigenvalue weighted by molar-refractivity contribution is 8.14. The van der Waals surface area contributed by atoms with Gasteiger partial charge in [-0.1, -0.05) is 36.0 Å². The van der Waals surface area contributed by atoms with Gasteiger partial charge >= 0.3 is 0 Å². The van der Waals surface area contributed by atoms with Gasteiger partial charge < -0.3 is 0 Å². The molecule has 6 nitrogen and oxygen atoms in total. The molecule has 2 aromatic rings. The second kappa shape index (κ2) is 8.30. The molecular formula is C19H16F2N4O2S. The number of amides is 2. The first-order valence-corrected chi connectivity index (χ1v) is 9.14. The fourth-order valence-electron chi connectivity index (χ4n) is 2.42. The van der Waals surface area contributed by atoms with Crippen molar-refractivity contribution in [1.29, 1.82) is 0 Å². The Morgan fingerprint density at radius 1 is 1.07 bits per heavy atom.